The van der Waals surface area contributed by atoms with E-state index in [0.29, 0.717) is 16.7 Å². The van der Waals surface area contributed by atoms with Crippen LogP contribution in [0.3, 0.4) is 0 Å². The Bertz CT molecular complexity index is 1190. The predicted molar refractivity (Wildman–Crippen MR) is 113 cm³/mol. The van der Waals surface area contributed by atoms with Crippen LogP contribution >= 0.6 is 0 Å². The van der Waals surface area contributed by atoms with Crippen LogP contribution in [0.5, 0.6) is 0 Å². The Balaban J connectivity index is 1.63. The third kappa shape index (κ3) is 4.11. The number of carbonyl (C=O) groups is 1. The molecular weight excluding hydrogens is 364 g/mol. The second-order valence-electron chi connectivity index (χ2n) is 6.40. The molecule has 0 atom stereocenters. The van der Waals surface area contributed by atoms with Gasteiger partial charge in [0.25, 0.3) is 11.5 Å². The van der Waals surface area contributed by atoms with Gasteiger partial charge in [0.2, 0.25) is 0 Å². The van der Waals surface area contributed by atoms with Crippen molar-refractivity contribution in [2.24, 2.45) is 5.10 Å². The summed E-state index contributed by atoms with van der Waals surface area (Å²) in [6.45, 7) is -0.151. The minimum absolute atomic E-state index is 0.151. The van der Waals surface area contributed by atoms with Gasteiger partial charge in [-0.3, -0.25) is 14.2 Å². The van der Waals surface area contributed by atoms with Crippen LogP contribution in [0.25, 0.3) is 11.0 Å². The van der Waals surface area contributed by atoms with Crippen LogP contribution in [0.15, 0.2) is 101 Å². The largest absolute Gasteiger partial charge is 0.296 e. The number of hydrogen-bond donors (Lipinski definition) is 1. The van der Waals surface area contributed by atoms with E-state index in [1.165, 1.54) is 10.8 Å². The Morgan fingerprint density at radius 1 is 0.862 bits per heavy atom. The highest BCUT2D eigenvalue weighted by molar-refractivity contribution is 6.13. The predicted octanol–water partition coefficient (Wildman–Crippen LogP) is 2.97. The lowest BCUT2D eigenvalue weighted by Crippen LogP contribution is -2.30. The summed E-state index contributed by atoms with van der Waals surface area (Å²) in [6.07, 6.45) is 1.22. The average molecular weight is 382 g/mol. The molecule has 3 aromatic carbocycles. The van der Waals surface area contributed by atoms with Gasteiger partial charge in [0.15, 0.2) is 0 Å². The average Bonchev–Trinajstić information content (AvgIpc) is 2.77. The first-order valence-corrected chi connectivity index (χ1v) is 9.14. The molecule has 6 nitrogen and oxygen atoms in total. The van der Waals surface area contributed by atoms with Crippen LogP contribution in [-0.4, -0.2) is 21.2 Å². The molecule has 0 aliphatic carbocycles. The van der Waals surface area contributed by atoms with E-state index >= 15 is 0 Å². The van der Waals surface area contributed by atoms with Gasteiger partial charge >= 0.3 is 0 Å². The molecule has 0 fully saturated rings. The fourth-order valence-electron chi connectivity index (χ4n) is 3.06. The van der Waals surface area contributed by atoms with Crippen molar-refractivity contribution in [1.29, 1.82) is 0 Å². The van der Waals surface area contributed by atoms with E-state index in [2.05, 4.69) is 15.5 Å². The number of hydrogen-bond acceptors (Lipinski definition) is 4. The van der Waals surface area contributed by atoms with Crippen molar-refractivity contribution in [2.75, 3.05) is 0 Å². The zero-order valence-corrected chi connectivity index (χ0v) is 15.5. The lowest BCUT2D eigenvalue weighted by molar-refractivity contribution is -0.121. The van der Waals surface area contributed by atoms with E-state index in [1.54, 1.807) is 18.2 Å². The van der Waals surface area contributed by atoms with Gasteiger partial charge in [-0.05, 0) is 12.1 Å². The quantitative estimate of drug-likeness (QED) is 0.426. The van der Waals surface area contributed by atoms with Gasteiger partial charge in [0, 0.05) is 11.1 Å². The van der Waals surface area contributed by atoms with Crippen LogP contribution in [-0.2, 0) is 11.3 Å². The molecule has 142 valence electrons. The molecule has 0 aliphatic heterocycles. The number of aromatic nitrogens is 2. The molecule has 0 saturated carbocycles. The van der Waals surface area contributed by atoms with Crippen LogP contribution in [0.4, 0.5) is 0 Å². The summed E-state index contributed by atoms with van der Waals surface area (Å²) < 4.78 is 1.39. The molecule has 6 heteroatoms. The van der Waals surface area contributed by atoms with E-state index in [0.717, 1.165) is 11.1 Å². The minimum Gasteiger partial charge on any atom is -0.296 e. The van der Waals surface area contributed by atoms with Gasteiger partial charge in [-0.2, -0.15) is 5.10 Å². The monoisotopic (exact) mass is 382 g/mol. The first-order valence-electron chi connectivity index (χ1n) is 9.14. The SMILES string of the molecule is O=C(Cn1c(=O)cnc2ccccc21)NN=C(c1ccccc1)c1ccccc1. The van der Waals surface area contributed by atoms with Crippen LogP contribution in [0.1, 0.15) is 11.1 Å². The van der Waals surface area contributed by atoms with Gasteiger partial charge in [-0.1, -0.05) is 72.8 Å². The third-order valence-corrected chi connectivity index (χ3v) is 4.44. The smallest absolute Gasteiger partial charge is 0.269 e. The minimum atomic E-state index is -0.396. The second kappa shape index (κ2) is 8.31. The molecule has 1 amide bonds. The van der Waals surface area contributed by atoms with Crippen molar-refractivity contribution in [3.8, 4) is 0 Å². The van der Waals surface area contributed by atoms with Gasteiger partial charge in [0.05, 0.1) is 22.9 Å². The number of hydrazone groups is 1. The molecule has 1 heterocycles. The van der Waals surface area contributed by atoms with Gasteiger partial charge in [0.1, 0.15) is 6.54 Å². The van der Waals surface area contributed by atoms with Gasteiger partial charge < -0.3 is 0 Å². The number of carbonyl (C=O) groups excluding carboxylic acids is 1. The molecule has 0 bridgehead atoms. The molecule has 0 radical (unpaired) electrons. The van der Waals surface area contributed by atoms with Crippen LogP contribution < -0.4 is 11.0 Å². The summed E-state index contributed by atoms with van der Waals surface area (Å²) in [7, 11) is 0. The van der Waals surface area contributed by atoms with Crippen LogP contribution in [0.2, 0.25) is 0 Å². The number of nitrogens with one attached hydrogen (secondary N) is 1. The lowest BCUT2D eigenvalue weighted by Gasteiger charge is -2.10. The summed E-state index contributed by atoms with van der Waals surface area (Å²) >= 11 is 0. The normalized spacial score (nSPS) is 10.5. The summed E-state index contributed by atoms with van der Waals surface area (Å²) in [5, 5.41) is 4.36. The molecule has 29 heavy (non-hydrogen) atoms. The standard InChI is InChI=1S/C23H18N4O2/c28-21(16-27-20-14-8-7-13-19(20)24-15-22(27)29)25-26-23(17-9-3-1-4-10-17)18-11-5-2-6-12-18/h1-15H,16H2,(H,25,28). The summed E-state index contributed by atoms with van der Waals surface area (Å²) in [5.74, 6) is -0.396. The number of benzene rings is 3. The highest BCUT2D eigenvalue weighted by Gasteiger charge is 2.10. The van der Waals surface area contributed by atoms with E-state index in [4.69, 9.17) is 0 Å². The Kier molecular flexibility index (Phi) is 5.25. The summed E-state index contributed by atoms with van der Waals surface area (Å²) in [4.78, 5) is 28.9. The highest BCUT2D eigenvalue weighted by atomic mass is 16.2. The Morgan fingerprint density at radius 3 is 2.10 bits per heavy atom. The maximum atomic E-state index is 12.6. The Hall–Kier alpha value is -4.06. The molecule has 1 aromatic heterocycles. The first kappa shape index (κ1) is 18.3. The molecule has 4 aromatic rings. The van der Waals surface area contributed by atoms with Crippen molar-refractivity contribution in [2.45, 2.75) is 6.54 Å². The molecule has 1 N–H and O–H groups in total. The zero-order valence-electron chi connectivity index (χ0n) is 15.5. The zero-order chi connectivity index (χ0) is 20.1. The van der Waals surface area contributed by atoms with Gasteiger partial charge in [-0.25, -0.2) is 10.4 Å². The molecular formula is C23H18N4O2. The van der Waals surface area contributed by atoms with Crippen LogP contribution in [0, 0.1) is 0 Å². The van der Waals surface area contributed by atoms with E-state index in [1.807, 2.05) is 66.7 Å². The number of amides is 1. The maximum absolute atomic E-state index is 12.6. The van der Waals surface area contributed by atoms with Gasteiger partial charge in [-0.15, -0.1) is 0 Å². The van der Waals surface area contributed by atoms with Crippen molar-refractivity contribution < 1.29 is 4.79 Å². The summed E-state index contributed by atoms with van der Waals surface area (Å²) in [6, 6.07) is 26.4. The third-order valence-electron chi connectivity index (χ3n) is 4.44. The molecule has 0 aliphatic rings. The number of fused-ring (bicyclic) bond motifs is 1. The van der Waals surface area contributed by atoms with E-state index < -0.39 is 5.91 Å². The van der Waals surface area contributed by atoms with Crippen molar-refractivity contribution in [3.63, 3.8) is 0 Å². The number of para-hydroxylation sites is 2. The molecule has 4 rings (SSSR count). The van der Waals surface area contributed by atoms with E-state index in [-0.39, 0.29) is 12.1 Å². The topological polar surface area (TPSA) is 76.3 Å². The summed E-state index contributed by atoms with van der Waals surface area (Å²) in [5.41, 5.74) is 5.91. The second-order valence-corrected chi connectivity index (χ2v) is 6.40. The van der Waals surface area contributed by atoms with Crippen molar-refractivity contribution >= 4 is 22.7 Å². The Labute approximate surface area is 167 Å². The molecule has 0 saturated heterocycles. The van der Waals surface area contributed by atoms with Crippen molar-refractivity contribution in [3.05, 3.63) is 113 Å². The van der Waals surface area contributed by atoms with E-state index in [9.17, 15) is 9.59 Å². The first-order chi connectivity index (χ1) is 14.2. The number of nitrogens with zero attached hydrogens (tertiary/aromatic N) is 3. The molecule has 0 spiro atoms. The fourth-order valence-corrected chi connectivity index (χ4v) is 3.06. The maximum Gasteiger partial charge on any atom is 0.269 e. The fraction of sp³-hybridized carbons (Fsp3) is 0.0435. The lowest BCUT2D eigenvalue weighted by atomic mass is 10.0. The number of rotatable bonds is 5. The molecule has 0 unspecified atom stereocenters. The van der Waals surface area contributed by atoms with Crippen molar-refractivity contribution in [1.82, 2.24) is 15.0 Å². The highest BCUT2D eigenvalue weighted by Crippen LogP contribution is 2.11. The Morgan fingerprint density at radius 2 is 1.45 bits per heavy atom.